The molecule has 2 aromatic carbocycles. The van der Waals surface area contributed by atoms with Crippen molar-refractivity contribution >= 4 is 0 Å². The number of hydrogen-bond donors (Lipinski definition) is 4. The van der Waals surface area contributed by atoms with Crippen LogP contribution in [0.2, 0.25) is 0 Å². The second-order valence-corrected chi connectivity index (χ2v) is 7.55. The van der Waals surface area contributed by atoms with Gasteiger partial charge in [-0.1, -0.05) is 24.3 Å². The lowest BCUT2D eigenvalue weighted by molar-refractivity contribution is -0.137. The highest BCUT2D eigenvalue weighted by Crippen LogP contribution is 2.32. The maximum absolute atomic E-state index is 14.2. The van der Waals surface area contributed by atoms with Crippen LogP contribution >= 0.6 is 0 Å². The summed E-state index contributed by atoms with van der Waals surface area (Å²) >= 11 is 0. The second kappa shape index (κ2) is 10.1. The van der Waals surface area contributed by atoms with Crippen molar-refractivity contribution in [3.63, 3.8) is 0 Å². The topological polar surface area (TPSA) is 90.5 Å². The third kappa shape index (κ3) is 5.76. The fourth-order valence-corrected chi connectivity index (χ4v) is 3.48. The monoisotopic (exact) mass is 489 g/mol. The zero-order valence-corrected chi connectivity index (χ0v) is 17.7. The Bertz CT molecular complexity index is 1130. The van der Waals surface area contributed by atoms with Crippen LogP contribution in [0.25, 0.3) is 0 Å². The molecule has 0 amide bonds. The van der Waals surface area contributed by atoms with Gasteiger partial charge in [0.15, 0.2) is 6.29 Å². The highest BCUT2D eigenvalue weighted by molar-refractivity contribution is 5.35. The van der Waals surface area contributed by atoms with Crippen LogP contribution in [-0.4, -0.2) is 25.1 Å². The Balaban J connectivity index is 1.85. The molecular formula is C22H21F6N3O3. The number of rotatable bonds is 8. The van der Waals surface area contributed by atoms with Crippen molar-refractivity contribution in [2.75, 3.05) is 0 Å². The number of halogens is 6. The molecule has 1 atom stereocenters. The van der Waals surface area contributed by atoms with Gasteiger partial charge in [0, 0.05) is 36.7 Å². The van der Waals surface area contributed by atoms with Gasteiger partial charge in [0.05, 0.1) is 11.3 Å². The van der Waals surface area contributed by atoms with Gasteiger partial charge in [0.25, 0.3) is 6.43 Å². The molecule has 0 aliphatic rings. The summed E-state index contributed by atoms with van der Waals surface area (Å²) in [6, 6.07) is 7.48. The van der Waals surface area contributed by atoms with E-state index in [-0.39, 0.29) is 35.3 Å². The van der Waals surface area contributed by atoms with Crippen molar-refractivity contribution in [2.24, 2.45) is 7.05 Å². The number of aliphatic hydroxyl groups excluding tert-OH is 2. The molecule has 0 aliphatic carbocycles. The van der Waals surface area contributed by atoms with Crippen LogP contribution in [0.5, 0.6) is 0 Å². The summed E-state index contributed by atoms with van der Waals surface area (Å²) < 4.78 is 80.8. The zero-order valence-electron chi connectivity index (χ0n) is 17.7. The lowest BCUT2D eigenvalue weighted by Crippen LogP contribution is -2.23. The number of hydrogen-bond acceptors (Lipinski definition) is 5. The fourth-order valence-electron chi connectivity index (χ4n) is 3.48. The highest BCUT2D eigenvalue weighted by atomic mass is 19.4. The molecule has 0 spiro atoms. The molecule has 3 aromatic rings. The predicted octanol–water partition coefficient (Wildman–Crippen LogP) is 3.87. The average molecular weight is 489 g/mol. The Labute approximate surface area is 190 Å². The maximum Gasteiger partial charge on any atom is 0.416 e. The van der Waals surface area contributed by atoms with Crippen LogP contribution in [0.4, 0.5) is 26.3 Å². The van der Waals surface area contributed by atoms with Gasteiger partial charge < -0.3 is 15.3 Å². The van der Waals surface area contributed by atoms with Gasteiger partial charge in [-0.2, -0.15) is 18.3 Å². The Morgan fingerprint density at radius 3 is 2.21 bits per heavy atom. The van der Waals surface area contributed by atoms with Crippen LogP contribution in [-0.2, 0) is 26.2 Å². The molecule has 0 radical (unpaired) electrons. The second-order valence-electron chi connectivity index (χ2n) is 7.55. The van der Waals surface area contributed by atoms with Gasteiger partial charge in [0.1, 0.15) is 17.7 Å². The SMILES string of the molecule is Cn1nc(Cc2ccc(C(F)(F)F)cc2)c(C(O)NCc2ccc(C(O)O)cc2F)c1C(F)F. The largest absolute Gasteiger partial charge is 0.416 e. The van der Waals surface area contributed by atoms with E-state index in [1.54, 1.807) is 0 Å². The number of benzene rings is 2. The van der Waals surface area contributed by atoms with E-state index in [2.05, 4.69) is 10.4 Å². The molecule has 0 aliphatic heterocycles. The van der Waals surface area contributed by atoms with Crippen LogP contribution in [0, 0.1) is 5.82 Å². The van der Waals surface area contributed by atoms with E-state index in [9.17, 15) is 31.4 Å². The van der Waals surface area contributed by atoms with Gasteiger partial charge in [-0.25, -0.2) is 13.2 Å². The molecular weight excluding hydrogens is 468 g/mol. The molecule has 4 N–H and O–H groups in total. The van der Waals surface area contributed by atoms with E-state index >= 15 is 0 Å². The molecule has 0 saturated heterocycles. The Morgan fingerprint density at radius 2 is 1.68 bits per heavy atom. The zero-order chi connectivity index (χ0) is 25.2. The standard InChI is InChI=1S/C22H21F6N3O3/c1-31-18(19(24)25)17(16(30-31)8-11-2-6-14(7-3-11)22(26,27)28)20(32)29-10-13-5-4-12(21(33)34)9-15(13)23/h2-7,9,19-21,29,32-34H,8,10H2,1H3. The van der Waals surface area contributed by atoms with E-state index in [0.29, 0.717) is 5.56 Å². The van der Waals surface area contributed by atoms with Crippen molar-refractivity contribution < 1.29 is 41.7 Å². The minimum absolute atomic E-state index is 0.0109. The smallest absolute Gasteiger partial charge is 0.374 e. The first-order chi connectivity index (χ1) is 15.9. The summed E-state index contributed by atoms with van der Waals surface area (Å²) in [4.78, 5) is 0. The quantitative estimate of drug-likeness (QED) is 0.285. The number of aromatic nitrogens is 2. The summed E-state index contributed by atoms with van der Waals surface area (Å²) in [5, 5.41) is 35.3. The van der Waals surface area contributed by atoms with Gasteiger partial charge in [-0.3, -0.25) is 10.00 Å². The predicted molar refractivity (Wildman–Crippen MR) is 108 cm³/mol. The lowest BCUT2D eigenvalue weighted by atomic mass is 10.0. The normalized spacial score (nSPS) is 13.2. The molecule has 0 saturated carbocycles. The lowest BCUT2D eigenvalue weighted by Gasteiger charge is -2.16. The molecule has 0 bridgehead atoms. The van der Waals surface area contributed by atoms with E-state index in [1.807, 2.05) is 0 Å². The number of aliphatic hydroxyl groups is 3. The van der Waals surface area contributed by atoms with Crippen LogP contribution in [0.3, 0.4) is 0 Å². The maximum atomic E-state index is 14.2. The van der Waals surface area contributed by atoms with E-state index in [1.165, 1.54) is 31.3 Å². The van der Waals surface area contributed by atoms with Crippen LogP contribution in [0.1, 0.15) is 58.1 Å². The molecule has 12 heteroatoms. The molecule has 34 heavy (non-hydrogen) atoms. The van der Waals surface area contributed by atoms with E-state index in [0.717, 1.165) is 22.9 Å². The molecule has 184 valence electrons. The highest BCUT2D eigenvalue weighted by Gasteiger charge is 2.31. The van der Waals surface area contributed by atoms with Gasteiger partial charge >= 0.3 is 6.18 Å². The minimum Gasteiger partial charge on any atom is -0.374 e. The van der Waals surface area contributed by atoms with Crippen molar-refractivity contribution in [3.05, 3.63) is 87.5 Å². The molecule has 3 rings (SSSR count). The van der Waals surface area contributed by atoms with Crippen molar-refractivity contribution in [3.8, 4) is 0 Å². The molecule has 6 nitrogen and oxygen atoms in total. The Kier molecular flexibility index (Phi) is 7.66. The van der Waals surface area contributed by atoms with Crippen molar-refractivity contribution in [1.82, 2.24) is 15.1 Å². The van der Waals surface area contributed by atoms with Crippen LogP contribution in [0.15, 0.2) is 42.5 Å². The summed E-state index contributed by atoms with van der Waals surface area (Å²) in [5.41, 5.74) is -1.43. The number of aryl methyl sites for hydroxylation is 1. The first-order valence-corrected chi connectivity index (χ1v) is 9.94. The van der Waals surface area contributed by atoms with Crippen molar-refractivity contribution in [2.45, 2.75) is 38.1 Å². The average Bonchev–Trinajstić information content (AvgIpc) is 3.08. The van der Waals surface area contributed by atoms with Gasteiger partial charge in [-0.05, 0) is 23.8 Å². The Morgan fingerprint density at radius 1 is 1.03 bits per heavy atom. The third-order valence-corrected chi connectivity index (χ3v) is 5.20. The summed E-state index contributed by atoms with van der Waals surface area (Å²) in [5.74, 6) is -0.810. The fraction of sp³-hybridized carbons (Fsp3) is 0.318. The third-order valence-electron chi connectivity index (χ3n) is 5.20. The Hall–Kier alpha value is -2.93. The van der Waals surface area contributed by atoms with Crippen LogP contribution < -0.4 is 5.32 Å². The summed E-state index contributed by atoms with van der Waals surface area (Å²) in [7, 11) is 1.24. The van der Waals surface area contributed by atoms with Gasteiger partial charge in [0.2, 0.25) is 0 Å². The first kappa shape index (κ1) is 25.7. The first-order valence-electron chi connectivity index (χ1n) is 9.94. The number of alkyl halides is 5. The summed E-state index contributed by atoms with van der Waals surface area (Å²) in [6.45, 7) is -0.300. The van der Waals surface area contributed by atoms with Crippen molar-refractivity contribution in [1.29, 1.82) is 0 Å². The van der Waals surface area contributed by atoms with Gasteiger partial charge in [-0.15, -0.1) is 0 Å². The molecule has 1 unspecified atom stereocenters. The molecule has 1 heterocycles. The van der Waals surface area contributed by atoms with E-state index < -0.39 is 42.2 Å². The number of nitrogens with zero attached hydrogens (tertiary/aromatic N) is 2. The molecule has 0 fully saturated rings. The minimum atomic E-state index is -4.53. The molecule has 1 aromatic heterocycles. The summed E-state index contributed by atoms with van der Waals surface area (Å²) in [6.07, 6.45) is -11.3. The number of nitrogens with one attached hydrogen (secondary N) is 1. The van der Waals surface area contributed by atoms with E-state index in [4.69, 9.17) is 10.2 Å².